The van der Waals surface area contributed by atoms with Crippen molar-refractivity contribution >= 4 is 0 Å². The van der Waals surface area contributed by atoms with Crippen LogP contribution < -0.4 is 0 Å². The predicted molar refractivity (Wildman–Crippen MR) is 53.5 cm³/mol. The number of benzene rings is 1. The Balaban J connectivity index is 2.09. The summed E-state index contributed by atoms with van der Waals surface area (Å²) >= 11 is 0. The molecule has 1 aromatic carbocycles. The topological polar surface area (TPSA) is 9.23 Å². The van der Waals surface area contributed by atoms with E-state index in [2.05, 4.69) is 36.4 Å². The highest BCUT2D eigenvalue weighted by atomic mass is 16.5. The molecule has 0 spiro atoms. The summed E-state index contributed by atoms with van der Waals surface area (Å²) in [6.07, 6.45) is 6.81. The molecule has 0 radical (unpaired) electrons. The minimum Gasteiger partial charge on any atom is -0.369 e. The van der Waals surface area contributed by atoms with E-state index in [1.165, 1.54) is 5.56 Å². The van der Waals surface area contributed by atoms with Crippen molar-refractivity contribution in [3.8, 4) is 0 Å². The molecule has 0 N–H and O–H groups in total. The summed E-state index contributed by atoms with van der Waals surface area (Å²) in [5.41, 5.74) is 1.30. The molecule has 1 heteroatoms. The van der Waals surface area contributed by atoms with Gasteiger partial charge in [0.15, 0.2) is 0 Å². The van der Waals surface area contributed by atoms with Crippen molar-refractivity contribution in [2.45, 2.75) is 18.9 Å². The minimum absolute atomic E-state index is 0.288. The zero-order chi connectivity index (χ0) is 8.93. The molecule has 1 aromatic rings. The van der Waals surface area contributed by atoms with Gasteiger partial charge < -0.3 is 4.74 Å². The van der Waals surface area contributed by atoms with Crippen molar-refractivity contribution in [1.82, 2.24) is 0 Å². The Kier molecular flexibility index (Phi) is 2.78. The molecule has 0 bridgehead atoms. The van der Waals surface area contributed by atoms with Gasteiger partial charge in [-0.1, -0.05) is 42.5 Å². The summed E-state index contributed by atoms with van der Waals surface area (Å²) in [6.45, 7) is 0.750. The first kappa shape index (κ1) is 8.52. The van der Waals surface area contributed by atoms with E-state index in [0.717, 1.165) is 19.4 Å². The average molecular weight is 174 g/mol. The fourth-order valence-electron chi connectivity index (χ4n) is 1.62. The third-order valence-corrected chi connectivity index (χ3v) is 2.33. The Morgan fingerprint density at radius 1 is 1.08 bits per heavy atom. The molecule has 0 saturated carbocycles. The van der Waals surface area contributed by atoms with Crippen LogP contribution in [0.2, 0.25) is 0 Å². The van der Waals surface area contributed by atoms with Gasteiger partial charge in [0.1, 0.15) is 0 Å². The van der Waals surface area contributed by atoms with E-state index in [1.807, 2.05) is 6.07 Å². The molecular weight excluding hydrogens is 160 g/mol. The minimum atomic E-state index is 0.288. The van der Waals surface area contributed by atoms with Crippen LogP contribution in [-0.4, -0.2) is 6.61 Å². The lowest BCUT2D eigenvalue weighted by atomic mass is 10.1. The van der Waals surface area contributed by atoms with Crippen LogP contribution in [0.4, 0.5) is 0 Å². The van der Waals surface area contributed by atoms with Crippen molar-refractivity contribution in [3.63, 3.8) is 0 Å². The van der Waals surface area contributed by atoms with Crippen molar-refractivity contribution in [1.29, 1.82) is 0 Å². The van der Waals surface area contributed by atoms with Gasteiger partial charge in [0.05, 0.1) is 12.7 Å². The van der Waals surface area contributed by atoms with Crippen molar-refractivity contribution in [3.05, 3.63) is 48.0 Å². The van der Waals surface area contributed by atoms with Gasteiger partial charge in [-0.2, -0.15) is 0 Å². The molecule has 1 aliphatic heterocycles. The second kappa shape index (κ2) is 4.24. The van der Waals surface area contributed by atoms with Gasteiger partial charge in [0.2, 0.25) is 0 Å². The fraction of sp³-hybridized carbons (Fsp3) is 0.333. The molecule has 1 atom stereocenters. The lowest BCUT2D eigenvalue weighted by molar-refractivity contribution is 0.0725. The summed E-state index contributed by atoms with van der Waals surface area (Å²) in [5.74, 6) is 0. The first-order valence-corrected chi connectivity index (χ1v) is 4.78. The fourth-order valence-corrected chi connectivity index (χ4v) is 1.62. The van der Waals surface area contributed by atoms with Crippen LogP contribution >= 0.6 is 0 Å². The van der Waals surface area contributed by atoms with Gasteiger partial charge in [-0.25, -0.2) is 0 Å². The Hall–Kier alpha value is -1.08. The summed E-state index contributed by atoms with van der Waals surface area (Å²) in [5, 5.41) is 0. The number of ether oxygens (including phenoxy) is 1. The average Bonchev–Trinajstić information content (AvgIpc) is 2.47. The predicted octanol–water partition coefficient (Wildman–Crippen LogP) is 3.09. The maximum Gasteiger partial charge on any atom is 0.0832 e. The van der Waals surface area contributed by atoms with Crippen molar-refractivity contribution < 1.29 is 4.74 Å². The van der Waals surface area contributed by atoms with E-state index in [9.17, 15) is 0 Å². The van der Waals surface area contributed by atoms with E-state index in [4.69, 9.17) is 4.74 Å². The molecule has 0 aliphatic carbocycles. The molecule has 1 nitrogen and oxygen atoms in total. The molecule has 13 heavy (non-hydrogen) atoms. The summed E-state index contributed by atoms with van der Waals surface area (Å²) in [6, 6.07) is 10.4. The largest absolute Gasteiger partial charge is 0.369 e. The van der Waals surface area contributed by atoms with Crippen LogP contribution in [0.15, 0.2) is 42.5 Å². The van der Waals surface area contributed by atoms with E-state index < -0.39 is 0 Å². The van der Waals surface area contributed by atoms with Crippen LogP contribution in [0.25, 0.3) is 0 Å². The van der Waals surface area contributed by atoms with Gasteiger partial charge in [-0.05, 0) is 18.4 Å². The van der Waals surface area contributed by atoms with E-state index in [0.29, 0.717) is 0 Å². The monoisotopic (exact) mass is 174 g/mol. The SMILES string of the molecule is C1=CCO[C@@H](c2ccccc2)CC1. The number of hydrogen-bond donors (Lipinski definition) is 0. The smallest absolute Gasteiger partial charge is 0.0832 e. The number of allylic oxidation sites excluding steroid dienone is 1. The Labute approximate surface area is 79.0 Å². The molecule has 0 saturated heterocycles. The lowest BCUT2D eigenvalue weighted by Crippen LogP contribution is -2.02. The van der Waals surface area contributed by atoms with Crippen LogP contribution in [0, 0.1) is 0 Å². The Morgan fingerprint density at radius 2 is 1.92 bits per heavy atom. The van der Waals surface area contributed by atoms with Gasteiger partial charge >= 0.3 is 0 Å². The molecule has 1 heterocycles. The summed E-state index contributed by atoms with van der Waals surface area (Å²) < 4.78 is 5.70. The van der Waals surface area contributed by atoms with Crippen LogP contribution in [0.3, 0.4) is 0 Å². The maximum atomic E-state index is 5.70. The van der Waals surface area contributed by atoms with Crippen molar-refractivity contribution in [2.75, 3.05) is 6.61 Å². The molecule has 0 fully saturated rings. The van der Waals surface area contributed by atoms with E-state index in [1.54, 1.807) is 0 Å². The molecule has 2 rings (SSSR count). The van der Waals surface area contributed by atoms with Gasteiger partial charge in [-0.3, -0.25) is 0 Å². The van der Waals surface area contributed by atoms with E-state index in [-0.39, 0.29) is 6.10 Å². The van der Waals surface area contributed by atoms with Gasteiger partial charge in [0, 0.05) is 0 Å². The van der Waals surface area contributed by atoms with Crippen molar-refractivity contribution in [2.24, 2.45) is 0 Å². The zero-order valence-electron chi connectivity index (χ0n) is 7.65. The molecule has 0 aromatic heterocycles. The van der Waals surface area contributed by atoms with Crippen LogP contribution in [0.5, 0.6) is 0 Å². The molecule has 1 aliphatic rings. The third-order valence-electron chi connectivity index (χ3n) is 2.33. The molecular formula is C12H14O. The highest BCUT2D eigenvalue weighted by Gasteiger charge is 2.11. The van der Waals surface area contributed by atoms with Crippen LogP contribution in [-0.2, 0) is 4.74 Å². The first-order valence-electron chi connectivity index (χ1n) is 4.78. The highest BCUT2D eigenvalue weighted by Crippen LogP contribution is 2.24. The summed E-state index contributed by atoms with van der Waals surface area (Å²) in [7, 11) is 0. The number of rotatable bonds is 1. The Morgan fingerprint density at radius 3 is 2.77 bits per heavy atom. The van der Waals surface area contributed by atoms with Gasteiger partial charge in [-0.15, -0.1) is 0 Å². The standard InChI is InChI=1S/C12H14O/c1-3-7-11(8-4-1)12-9-5-2-6-10-13-12/h1-4,6-8,12H,5,9-10H2/t12-/m1/s1. The first-order chi connectivity index (χ1) is 6.47. The quantitative estimate of drug-likeness (QED) is 0.594. The Bertz CT molecular complexity index is 266. The molecule has 0 amide bonds. The second-order valence-corrected chi connectivity index (χ2v) is 3.28. The normalized spacial score (nSPS) is 22.6. The second-order valence-electron chi connectivity index (χ2n) is 3.28. The van der Waals surface area contributed by atoms with E-state index >= 15 is 0 Å². The summed E-state index contributed by atoms with van der Waals surface area (Å²) in [4.78, 5) is 0. The maximum absolute atomic E-state index is 5.70. The number of hydrogen-bond acceptors (Lipinski definition) is 1. The molecule has 0 unspecified atom stereocenters. The van der Waals surface area contributed by atoms with Gasteiger partial charge in [0.25, 0.3) is 0 Å². The highest BCUT2D eigenvalue weighted by molar-refractivity contribution is 5.18. The lowest BCUT2D eigenvalue weighted by Gasteiger charge is -2.14. The van der Waals surface area contributed by atoms with Crippen LogP contribution in [0.1, 0.15) is 24.5 Å². The molecule has 68 valence electrons. The zero-order valence-corrected chi connectivity index (χ0v) is 7.65. The third kappa shape index (κ3) is 2.19.